The van der Waals surface area contributed by atoms with Gasteiger partial charge >= 0.3 is 0 Å². The Morgan fingerprint density at radius 3 is 2.67 bits per heavy atom. The van der Waals surface area contributed by atoms with Crippen LogP contribution in [0.15, 0.2) is 53.7 Å². The van der Waals surface area contributed by atoms with Crippen molar-refractivity contribution in [2.45, 2.75) is 44.8 Å². The number of carbonyl (C=O) groups is 1. The minimum absolute atomic E-state index is 0.100. The van der Waals surface area contributed by atoms with Gasteiger partial charge in [0.15, 0.2) is 6.10 Å². The highest BCUT2D eigenvalue weighted by Gasteiger charge is 2.32. The van der Waals surface area contributed by atoms with Crippen molar-refractivity contribution in [1.29, 1.82) is 0 Å². The topological polar surface area (TPSA) is 51.1 Å². The van der Waals surface area contributed by atoms with Gasteiger partial charge in [-0.1, -0.05) is 59.9 Å². The third-order valence-corrected chi connectivity index (χ3v) is 6.28. The number of nitrogens with zero attached hydrogens (tertiary/aromatic N) is 2. The maximum Gasteiger partial charge on any atom is 0.226 e. The first-order chi connectivity index (χ1) is 14.7. The molecule has 6 heteroatoms. The summed E-state index contributed by atoms with van der Waals surface area (Å²) in [7, 11) is 1.65. The lowest BCUT2D eigenvalue weighted by Gasteiger charge is -2.28. The molecule has 4 rings (SSSR count). The number of oxime groups is 1. The first-order valence-corrected chi connectivity index (χ1v) is 10.9. The van der Waals surface area contributed by atoms with E-state index in [2.05, 4.69) is 5.16 Å². The van der Waals surface area contributed by atoms with E-state index in [-0.39, 0.29) is 17.9 Å². The molecule has 1 saturated carbocycles. The van der Waals surface area contributed by atoms with E-state index >= 15 is 0 Å². The summed E-state index contributed by atoms with van der Waals surface area (Å²) in [6, 6.07) is 15.5. The Bertz CT molecular complexity index is 924. The van der Waals surface area contributed by atoms with E-state index in [9.17, 15) is 4.79 Å². The zero-order chi connectivity index (χ0) is 20.9. The number of hydrogen-bond acceptors (Lipinski definition) is 4. The van der Waals surface area contributed by atoms with Crippen LogP contribution in [0, 0.1) is 5.92 Å². The van der Waals surface area contributed by atoms with E-state index in [1.165, 1.54) is 0 Å². The quantitative estimate of drug-likeness (QED) is 0.621. The lowest BCUT2D eigenvalue weighted by atomic mass is 10.0. The molecular weight excluding hydrogens is 400 g/mol. The average Bonchev–Trinajstić information content (AvgIpc) is 3.46. The lowest BCUT2D eigenvalue weighted by Crippen LogP contribution is -2.40. The minimum Gasteiger partial charge on any atom is -0.496 e. The Balaban J connectivity index is 1.48. The molecule has 30 heavy (non-hydrogen) atoms. The molecular formula is C24H27ClN2O3. The first kappa shape index (κ1) is 20.7. The molecule has 1 aliphatic carbocycles. The Morgan fingerprint density at radius 2 is 1.90 bits per heavy atom. The number of ether oxygens (including phenoxy) is 1. The van der Waals surface area contributed by atoms with Gasteiger partial charge in [-0.05, 0) is 36.6 Å². The molecule has 1 amide bonds. The van der Waals surface area contributed by atoms with Crippen molar-refractivity contribution < 1.29 is 14.4 Å². The number of rotatable bonds is 7. The number of amides is 1. The Hall–Kier alpha value is -2.53. The molecule has 2 aliphatic rings. The van der Waals surface area contributed by atoms with Crippen molar-refractivity contribution in [1.82, 2.24) is 4.90 Å². The summed E-state index contributed by atoms with van der Waals surface area (Å²) in [6.07, 6.45) is 4.63. The van der Waals surface area contributed by atoms with Crippen LogP contribution in [0.2, 0.25) is 5.02 Å². The highest BCUT2D eigenvalue weighted by Crippen LogP contribution is 2.30. The third-order valence-electron chi connectivity index (χ3n) is 5.91. The van der Waals surface area contributed by atoms with Gasteiger partial charge in [-0.2, -0.15) is 0 Å². The fourth-order valence-electron chi connectivity index (χ4n) is 4.31. The SMILES string of the molecule is COc1ccccc1C1=NO[C@H](CN(Cc2ccccc2Cl)C(=O)C2CCCC2)C1. The second-order valence-corrected chi connectivity index (χ2v) is 8.37. The fourth-order valence-corrected chi connectivity index (χ4v) is 4.51. The van der Waals surface area contributed by atoms with Crippen LogP contribution in [-0.4, -0.2) is 36.3 Å². The van der Waals surface area contributed by atoms with Gasteiger partial charge in [0, 0.05) is 29.5 Å². The standard InChI is InChI=1S/C24H27ClN2O3/c1-29-23-13-7-5-11-20(23)22-14-19(30-26-22)16-27(24(28)17-8-2-3-9-17)15-18-10-4-6-12-21(18)25/h4-7,10-13,17,19H,2-3,8-9,14-16H2,1H3/t19-/m0/s1. The predicted octanol–water partition coefficient (Wildman–Crippen LogP) is 5.06. The lowest BCUT2D eigenvalue weighted by molar-refractivity contribution is -0.137. The van der Waals surface area contributed by atoms with Crippen molar-refractivity contribution in [2.24, 2.45) is 11.1 Å². The van der Waals surface area contributed by atoms with Crippen LogP contribution in [0.1, 0.15) is 43.2 Å². The summed E-state index contributed by atoms with van der Waals surface area (Å²) in [5, 5.41) is 4.98. The van der Waals surface area contributed by atoms with Crippen molar-refractivity contribution in [3.63, 3.8) is 0 Å². The van der Waals surface area contributed by atoms with Gasteiger partial charge in [0.05, 0.1) is 19.4 Å². The van der Waals surface area contributed by atoms with Crippen molar-refractivity contribution in [3.8, 4) is 5.75 Å². The smallest absolute Gasteiger partial charge is 0.226 e. The minimum atomic E-state index is -0.183. The molecule has 5 nitrogen and oxygen atoms in total. The van der Waals surface area contributed by atoms with E-state index in [1.807, 2.05) is 53.4 Å². The van der Waals surface area contributed by atoms with E-state index in [0.717, 1.165) is 48.3 Å². The molecule has 0 N–H and O–H groups in total. The van der Waals surface area contributed by atoms with Crippen LogP contribution in [0.4, 0.5) is 0 Å². The first-order valence-electron chi connectivity index (χ1n) is 10.5. The molecule has 158 valence electrons. The maximum atomic E-state index is 13.3. The summed E-state index contributed by atoms with van der Waals surface area (Å²) in [4.78, 5) is 20.9. The van der Waals surface area contributed by atoms with Crippen LogP contribution in [0.5, 0.6) is 5.75 Å². The number of methoxy groups -OCH3 is 1. The molecule has 1 aliphatic heterocycles. The molecule has 0 aromatic heterocycles. The van der Waals surface area contributed by atoms with Gasteiger partial charge in [0.1, 0.15) is 5.75 Å². The van der Waals surface area contributed by atoms with E-state index in [0.29, 0.717) is 24.5 Å². The summed E-state index contributed by atoms with van der Waals surface area (Å²) >= 11 is 6.38. The van der Waals surface area contributed by atoms with Crippen molar-refractivity contribution in [2.75, 3.05) is 13.7 Å². The van der Waals surface area contributed by atoms with Crippen LogP contribution in [-0.2, 0) is 16.2 Å². The van der Waals surface area contributed by atoms with Gasteiger partial charge in [-0.15, -0.1) is 0 Å². The van der Waals surface area contributed by atoms with E-state index in [4.69, 9.17) is 21.2 Å². The molecule has 1 atom stereocenters. The number of hydrogen-bond donors (Lipinski definition) is 0. The van der Waals surface area contributed by atoms with E-state index < -0.39 is 0 Å². The molecule has 1 fully saturated rings. The molecule has 2 aromatic rings. The molecule has 0 saturated heterocycles. The summed E-state index contributed by atoms with van der Waals surface area (Å²) in [5.41, 5.74) is 2.74. The average molecular weight is 427 g/mol. The van der Waals surface area contributed by atoms with Gasteiger partial charge < -0.3 is 14.5 Å². The van der Waals surface area contributed by atoms with Gasteiger partial charge in [0.2, 0.25) is 5.91 Å². The van der Waals surface area contributed by atoms with Gasteiger partial charge in [-0.25, -0.2) is 0 Å². The number of benzene rings is 2. The monoisotopic (exact) mass is 426 g/mol. The van der Waals surface area contributed by atoms with Crippen molar-refractivity contribution >= 4 is 23.2 Å². The summed E-state index contributed by atoms with van der Waals surface area (Å²) < 4.78 is 5.46. The largest absolute Gasteiger partial charge is 0.496 e. The normalized spacial score (nSPS) is 18.7. The summed E-state index contributed by atoms with van der Waals surface area (Å²) in [6.45, 7) is 0.974. The zero-order valence-corrected chi connectivity index (χ0v) is 18.0. The zero-order valence-electron chi connectivity index (χ0n) is 17.2. The number of carbonyl (C=O) groups excluding carboxylic acids is 1. The highest BCUT2D eigenvalue weighted by atomic mass is 35.5. The third kappa shape index (κ3) is 4.62. The van der Waals surface area contributed by atoms with Crippen LogP contribution in [0.3, 0.4) is 0 Å². The molecule has 0 unspecified atom stereocenters. The Labute approximate surface area is 182 Å². The van der Waals surface area contributed by atoms with Crippen LogP contribution >= 0.6 is 11.6 Å². The summed E-state index contributed by atoms with van der Waals surface area (Å²) in [5.74, 6) is 1.07. The van der Waals surface area contributed by atoms with Gasteiger partial charge in [0.25, 0.3) is 0 Å². The maximum absolute atomic E-state index is 13.3. The fraction of sp³-hybridized carbons (Fsp3) is 0.417. The molecule has 1 heterocycles. The molecule has 0 bridgehead atoms. The Kier molecular flexibility index (Phi) is 6.58. The number of halogens is 1. The second-order valence-electron chi connectivity index (χ2n) is 7.96. The Morgan fingerprint density at radius 1 is 1.17 bits per heavy atom. The number of para-hydroxylation sites is 1. The van der Waals surface area contributed by atoms with Crippen molar-refractivity contribution in [3.05, 3.63) is 64.7 Å². The predicted molar refractivity (Wildman–Crippen MR) is 118 cm³/mol. The molecule has 0 spiro atoms. The van der Waals surface area contributed by atoms with E-state index in [1.54, 1.807) is 7.11 Å². The van der Waals surface area contributed by atoms with Crippen LogP contribution in [0.25, 0.3) is 0 Å². The molecule has 0 radical (unpaired) electrons. The van der Waals surface area contributed by atoms with Crippen LogP contribution < -0.4 is 4.74 Å². The molecule has 2 aromatic carbocycles. The highest BCUT2D eigenvalue weighted by molar-refractivity contribution is 6.31. The van der Waals surface area contributed by atoms with Gasteiger partial charge in [-0.3, -0.25) is 4.79 Å². The second kappa shape index (κ2) is 9.52.